The smallest absolute Gasteiger partial charge is 0.0542 e. The Labute approximate surface area is 288 Å². The van der Waals surface area contributed by atoms with Gasteiger partial charge in [-0.3, -0.25) is 0 Å². The zero-order chi connectivity index (χ0) is 34.1. The molecule has 0 amide bonds. The van der Waals surface area contributed by atoms with Gasteiger partial charge in [0.2, 0.25) is 0 Å². The Morgan fingerprint density at radius 2 is 1.12 bits per heavy atom. The lowest BCUT2D eigenvalue weighted by molar-refractivity contribution is 0.400. The van der Waals surface area contributed by atoms with Gasteiger partial charge in [0.1, 0.15) is 0 Å². The first kappa shape index (κ1) is 33.1. The predicted molar refractivity (Wildman–Crippen MR) is 209 cm³/mol. The van der Waals surface area contributed by atoms with Crippen molar-refractivity contribution < 1.29 is 0 Å². The first-order chi connectivity index (χ1) is 23.1. The van der Waals surface area contributed by atoms with Crippen LogP contribution in [0.4, 0.5) is 11.4 Å². The minimum atomic E-state index is -0.0881. The van der Waals surface area contributed by atoms with E-state index in [1.807, 2.05) is 0 Å². The Morgan fingerprint density at radius 1 is 0.583 bits per heavy atom. The molecule has 0 spiro atoms. The summed E-state index contributed by atoms with van der Waals surface area (Å²) in [6.45, 7) is 21.3. The van der Waals surface area contributed by atoms with Crippen LogP contribution >= 0.6 is 0 Å². The summed E-state index contributed by atoms with van der Waals surface area (Å²) in [5, 5.41) is 2.49. The Bertz CT molecular complexity index is 2070. The van der Waals surface area contributed by atoms with Crippen LogP contribution in [0, 0.1) is 10.8 Å². The molecule has 6 rings (SSSR count). The summed E-state index contributed by atoms with van der Waals surface area (Å²) in [4.78, 5) is 2.51. The number of rotatable bonds is 11. The van der Waals surface area contributed by atoms with Crippen molar-refractivity contribution in [1.29, 1.82) is 0 Å². The Hall–Kier alpha value is -4.82. The Balaban J connectivity index is 1.66. The zero-order valence-corrected chi connectivity index (χ0v) is 29.8. The van der Waals surface area contributed by atoms with Gasteiger partial charge in [-0.15, -0.1) is 0 Å². The fourth-order valence-corrected chi connectivity index (χ4v) is 6.96. The fraction of sp³-hybridized carbons (Fsp3) is 0.261. The molecular formula is C46H50N2. The van der Waals surface area contributed by atoms with Gasteiger partial charge in [0.15, 0.2) is 0 Å². The second-order valence-corrected chi connectivity index (χ2v) is 14.3. The number of nitrogens with zero attached hydrogens (tertiary/aromatic N) is 2. The van der Waals surface area contributed by atoms with E-state index in [9.17, 15) is 0 Å². The van der Waals surface area contributed by atoms with E-state index in [0.29, 0.717) is 0 Å². The van der Waals surface area contributed by atoms with Gasteiger partial charge < -0.3 is 9.47 Å². The third-order valence-electron chi connectivity index (χ3n) is 10.7. The molecule has 2 nitrogen and oxygen atoms in total. The number of aromatic nitrogens is 1. The fourth-order valence-electron chi connectivity index (χ4n) is 6.96. The predicted octanol–water partition coefficient (Wildman–Crippen LogP) is 13.7. The molecule has 1 aromatic heterocycles. The van der Waals surface area contributed by atoms with Crippen molar-refractivity contribution in [2.75, 3.05) is 4.90 Å². The van der Waals surface area contributed by atoms with Crippen molar-refractivity contribution in [3.63, 3.8) is 0 Å². The molecule has 0 saturated heterocycles. The lowest BCUT2D eigenvalue weighted by Gasteiger charge is -2.40. The van der Waals surface area contributed by atoms with Crippen molar-refractivity contribution in [2.45, 2.75) is 67.7 Å². The summed E-state index contributed by atoms with van der Waals surface area (Å²) in [7, 11) is 0. The van der Waals surface area contributed by atoms with Crippen molar-refractivity contribution in [1.82, 2.24) is 4.57 Å². The molecule has 6 aromatic rings. The van der Waals surface area contributed by atoms with Crippen LogP contribution < -0.4 is 4.90 Å². The van der Waals surface area contributed by atoms with Gasteiger partial charge in [-0.1, -0.05) is 134 Å². The third-order valence-corrected chi connectivity index (χ3v) is 10.7. The standard InChI is InChI=1S/C46H50N2/c1-9-41(46(7,8)11-3)44(33(4)45(5,6)10-2)47(37-28-26-35(27-29-37)34-20-14-12-15-21-34)38-30-31-43-40(32-38)39-24-18-19-25-42(39)48(43)36-22-16-13-17-23-36/h12-32H,4,9-11H2,1-3,5-8H3/b44-41-. The lowest BCUT2D eigenvalue weighted by Crippen LogP contribution is -2.29. The maximum absolute atomic E-state index is 4.90. The number of hydrogen-bond acceptors (Lipinski definition) is 1. The van der Waals surface area contributed by atoms with E-state index in [0.717, 1.165) is 30.6 Å². The average molecular weight is 631 g/mol. The van der Waals surface area contributed by atoms with Gasteiger partial charge in [0, 0.05) is 33.5 Å². The van der Waals surface area contributed by atoms with E-state index in [-0.39, 0.29) is 10.8 Å². The Kier molecular flexibility index (Phi) is 9.21. The first-order valence-corrected chi connectivity index (χ1v) is 17.6. The molecule has 0 bridgehead atoms. The molecule has 0 radical (unpaired) electrons. The molecule has 0 fully saturated rings. The topological polar surface area (TPSA) is 8.17 Å². The van der Waals surface area contributed by atoms with E-state index >= 15 is 0 Å². The highest BCUT2D eigenvalue weighted by atomic mass is 15.2. The summed E-state index contributed by atoms with van der Waals surface area (Å²) in [5.41, 5.74) is 12.1. The quantitative estimate of drug-likeness (QED) is 0.129. The van der Waals surface area contributed by atoms with Crippen molar-refractivity contribution in [3.8, 4) is 16.8 Å². The van der Waals surface area contributed by atoms with Crippen LogP contribution in [0.2, 0.25) is 0 Å². The van der Waals surface area contributed by atoms with Gasteiger partial charge in [-0.25, -0.2) is 0 Å². The number of allylic oxidation sites excluding steroid dienone is 2. The SMILES string of the molecule is C=C(/C(=C(\CC)C(C)(C)CC)N(c1ccc(-c2ccccc2)cc1)c1ccc2c(c1)c1ccccc1n2-c1ccccc1)C(C)(C)CC. The molecule has 0 aliphatic carbocycles. The zero-order valence-electron chi connectivity index (χ0n) is 29.8. The van der Waals surface area contributed by atoms with Crippen LogP contribution in [-0.4, -0.2) is 4.57 Å². The molecule has 0 aliphatic rings. The highest BCUT2D eigenvalue weighted by Crippen LogP contribution is 2.48. The molecule has 5 aromatic carbocycles. The van der Waals surface area contributed by atoms with Crippen molar-refractivity contribution in [3.05, 3.63) is 151 Å². The maximum Gasteiger partial charge on any atom is 0.0542 e. The molecule has 48 heavy (non-hydrogen) atoms. The van der Waals surface area contributed by atoms with E-state index < -0.39 is 0 Å². The molecule has 0 saturated carbocycles. The average Bonchev–Trinajstić information content (AvgIpc) is 3.45. The first-order valence-electron chi connectivity index (χ1n) is 17.6. The van der Waals surface area contributed by atoms with Crippen LogP contribution in [0.3, 0.4) is 0 Å². The van der Waals surface area contributed by atoms with E-state index in [1.165, 1.54) is 55.5 Å². The second-order valence-electron chi connectivity index (χ2n) is 14.3. The van der Waals surface area contributed by atoms with Gasteiger partial charge in [-0.2, -0.15) is 0 Å². The summed E-state index contributed by atoms with van der Waals surface area (Å²) >= 11 is 0. The van der Waals surface area contributed by atoms with Gasteiger partial charge >= 0.3 is 0 Å². The molecule has 1 heterocycles. The third kappa shape index (κ3) is 6.01. The number of anilines is 2. The molecule has 0 atom stereocenters. The van der Waals surface area contributed by atoms with E-state index in [1.54, 1.807) is 0 Å². The number of hydrogen-bond donors (Lipinski definition) is 0. The maximum atomic E-state index is 4.90. The largest absolute Gasteiger partial charge is 0.310 e. The molecule has 2 heteroatoms. The van der Waals surface area contributed by atoms with Crippen LogP contribution in [0.25, 0.3) is 38.6 Å². The van der Waals surface area contributed by atoms with Crippen LogP contribution in [0.1, 0.15) is 67.7 Å². The van der Waals surface area contributed by atoms with Gasteiger partial charge in [0.05, 0.1) is 11.0 Å². The summed E-state index contributed by atoms with van der Waals surface area (Å²) < 4.78 is 2.39. The van der Waals surface area contributed by atoms with E-state index in [4.69, 9.17) is 6.58 Å². The minimum Gasteiger partial charge on any atom is -0.310 e. The van der Waals surface area contributed by atoms with Gasteiger partial charge in [-0.05, 0) is 101 Å². The van der Waals surface area contributed by atoms with Crippen molar-refractivity contribution >= 4 is 33.2 Å². The number of para-hydroxylation sites is 2. The minimum absolute atomic E-state index is 0.00743. The van der Waals surface area contributed by atoms with E-state index in [2.05, 4.69) is 185 Å². The highest BCUT2D eigenvalue weighted by molar-refractivity contribution is 6.10. The summed E-state index contributed by atoms with van der Waals surface area (Å²) in [5.74, 6) is 0. The Morgan fingerprint density at radius 3 is 1.75 bits per heavy atom. The molecule has 0 aliphatic heterocycles. The summed E-state index contributed by atoms with van der Waals surface area (Å²) in [6, 6.07) is 46.3. The highest BCUT2D eigenvalue weighted by Gasteiger charge is 2.34. The molecule has 0 N–H and O–H groups in total. The number of benzene rings is 5. The molecule has 244 valence electrons. The van der Waals surface area contributed by atoms with Crippen molar-refractivity contribution in [2.24, 2.45) is 10.8 Å². The normalized spacial score (nSPS) is 12.7. The van der Waals surface area contributed by atoms with Crippen LogP contribution in [0.5, 0.6) is 0 Å². The lowest BCUT2D eigenvalue weighted by atomic mass is 9.73. The number of fused-ring (bicyclic) bond motifs is 3. The van der Waals surface area contributed by atoms with Gasteiger partial charge in [0.25, 0.3) is 0 Å². The second kappa shape index (κ2) is 13.4. The monoisotopic (exact) mass is 630 g/mol. The van der Waals surface area contributed by atoms with Crippen LogP contribution in [0.15, 0.2) is 151 Å². The summed E-state index contributed by atoms with van der Waals surface area (Å²) in [6.07, 6.45) is 3.00. The van der Waals surface area contributed by atoms with Crippen LogP contribution in [-0.2, 0) is 0 Å². The molecular weight excluding hydrogens is 581 g/mol. The molecule has 0 unspecified atom stereocenters.